The van der Waals surface area contributed by atoms with Crippen molar-refractivity contribution < 1.29 is 4.74 Å². The van der Waals surface area contributed by atoms with Crippen LogP contribution in [0.5, 0.6) is 0 Å². The summed E-state index contributed by atoms with van der Waals surface area (Å²) in [5.74, 6) is 0. The van der Waals surface area contributed by atoms with Crippen molar-refractivity contribution in [3.05, 3.63) is 34.2 Å². The fraction of sp³-hybridized carbons (Fsp3) is 0.545. The van der Waals surface area contributed by atoms with Crippen molar-refractivity contribution in [2.45, 2.75) is 32.9 Å². The summed E-state index contributed by atoms with van der Waals surface area (Å²) in [7, 11) is 1.65. The summed E-state index contributed by atoms with van der Waals surface area (Å²) in [4.78, 5) is 11.7. The highest BCUT2D eigenvalue weighted by Gasteiger charge is 2.17. The third-order valence-corrected chi connectivity index (χ3v) is 2.31. The Morgan fingerprint density at radius 3 is 2.71 bits per heavy atom. The second-order valence-corrected chi connectivity index (χ2v) is 4.09. The van der Waals surface area contributed by atoms with Crippen LogP contribution in [0.15, 0.2) is 23.1 Å². The van der Waals surface area contributed by atoms with Gasteiger partial charge >= 0.3 is 0 Å². The van der Waals surface area contributed by atoms with Gasteiger partial charge in [0.2, 0.25) is 0 Å². The number of aromatic nitrogens is 1. The molecule has 0 saturated carbocycles. The molecule has 0 N–H and O–H groups in total. The summed E-state index contributed by atoms with van der Waals surface area (Å²) in [6.07, 6.45) is 1.79. The van der Waals surface area contributed by atoms with E-state index in [0.29, 0.717) is 6.54 Å². The van der Waals surface area contributed by atoms with Gasteiger partial charge in [0.15, 0.2) is 0 Å². The molecular weight excluding hydrogens is 178 g/mol. The second-order valence-electron chi connectivity index (χ2n) is 4.09. The molecular formula is C11H17NO2. The van der Waals surface area contributed by atoms with E-state index >= 15 is 0 Å². The number of aryl methyl sites for hydroxylation is 1. The third-order valence-electron chi connectivity index (χ3n) is 2.31. The first-order chi connectivity index (χ1) is 6.46. The van der Waals surface area contributed by atoms with Crippen molar-refractivity contribution >= 4 is 0 Å². The van der Waals surface area contributed by atoms with Gasteiger partial charge in [-0.15, -0.1) is 0 Å². The van der Waals surface area contributed by atoms with Crippen LogP contribution in [0.2, 0.25) is 0 Å². The van der Waals surface area contributed by atoms with Gasteiger partial charge in [0.05, 0.1) is 12.1 Å². The van der Waals surface area contributed by atoms with E-state index in [-0.39, 0.29) is 11.2 Å². The molecule has 0 saturated heterocycles. The molecule has 1 rings (SSSR count). The van der Waals surface area contributed by atoms with Crippen LogP contribution in [0.25, 0.3) is 0 Å². The van der Waals surface area contributed by atoms with Crippen LogP contribution < -0.4 is 5.56 Å². The molecule has 0 amide bonds. The molecule has 0 aliphatic rings. The van der Waals surface area contributed by atoms with Gasteiger partial charge in [0.1, 0.15) is 0 Å². The molecule has 0 aliphatic heterocycles. The highest BCUT2D eigenvalue weighted by Crippen LogP contribution is 2.09. The molecule has 78 valence electrons. The van der Waals surface area contributed by atoms with Gasteiger partial charge in [-0.2, -0.15) is 0 Å². The highest BCUT2D eigenvalue weighted by atomic mass is 16.5. The Morgan fingerprint density at radius 2 is 2.14 bits per heavy atom. The van der Waals surface area contributed by atoms with Crippen LogP contribution >= 0.6 is 0 Å². The van der Waals surface area contributed by atoms with E-state index in [9.17, 15) is 4.79 Å². The predicted molar refractivity (Wildman–Crippen MR) is 56.5 cm³/mol. The summed E-state index contributed by atoms with van der Waals surface area (Å²) in [5.41, 5.74) is 0.509. The highest BCUT2D eigenvalue weighted by molar-refractivity contribution is 5.07. The maximum atomic E-state index is 11.7. The van der Waals surface area contributed by atoms with Crippen molar-refractivity contribution in [2.75, 3.05) is 7.11 Å². The normalized spacial score (nSPS) is 11.7. The molecule has 0 unspecified atom stereocenters. The standard InChI is InChI=1S/C11H17NO2/c1-9-6-5-7-12(10(9)13)8-11(2,3)14-4/h5-7H,8H2,1-4H3. The van der Waals surface area contributed by atoms with Crippen molar-refractivity contribution in [3.63, 3.8) is 0 Å². The SMILES string of the molecule is COC(C)(C)Cn1cccc(C)c1=O. The molecule has 1 aromatic heterocycles. The summed E-state index contributed by atoms with van der Waals surface area (Å²) >= 11 is 0. The average molecular weight is 195 g/mol. The van der Waals surface area contributed by atoms with E-state index in [1.54, 1.807) is 17.9 Å². The monoisotopic (exact) mass is 195 g/mol. The number of methoxy groups -OCH3 is 1. The Bertz CT molecular complexity index is 366. The number of ether oxygens (including phenoxy) is 1. The minimum Gasteiger partial charge on any atom is -0.377 e. The number of hydrogen-bond acceptors (Lipinski definition) is 2. The second kappa shape index (κ2) is 3.96. The van der Waals surface area contributed by atoms with E-state index in [4.69, 9.17) is 4.74 Å². The molecule has 14 heavy (non-hydrogen) atoms. The number of nitrogens with zero attached hydrogens (tertiary/aromatic N) is 1. The molecule has 0 bridgehead atoms. The molecule has 1 heterocycles. The van der Waals surface area contributed by atoms with E-state index in [0.717, 1.165) is 5.56 Å². The van der Waals surface area contributed by atoms with Crippen LogP contribution in [0.1, 0.15) is 19.4 Å². The molecule has 0 aromatic carbocycles. The Hall–Kier alpha value is -1.09. The van der Waals surface area contributed by atoms with Crippen LogP contribution in [0.3, 0.4) is 0 Å². The molecule has 0 atom stereocenters. The lowest BCUT2D eigenvalue weighted by atomic mass is 10.1. The number of rotatable bonds is 3. The van der Waals surface area contributed by atoms with Crippen LogP contribution in [-0.2, 0) is 11.3 Å². The van der Waals surface area contributed by atoms with E-state index in [1.807, 2.05) is 32.9 Å². The quantitative estimate of drug-likeness (QED) is 0.733. The van der Waals surface area contributed by atoms with E-state index in [2.05, 4.69) is 0 Å². The topological polar surface area (TPSA) is 31.2 Å². The van der Waals surface area contributed by atoms with Crippen molar-refractivity contribution in [1.82, 2.24) is 4.57 Å². The maximum Gasteiger partial charge on any atom is 0.253 e. The van der Waals surface area contributed by atoms with Crippen LogP contribution in [0.4, 0.5) is 0 Å². The lowest BCUT2D eigenvalue weighted by Crippen LogP contribution is -2.34. The summed E-state index contributed by atoms with van der Waals surface area (Å²) in [6.45, 7) is 6.31. The van der Waals surface area contributed by atoms with Gasteiger partial charge in [0, 0.05) is 18.9 Å². The lowest BCUT2D eigenvalue weighted by molar-refractivity contribution is 0.00735. The first-order valence-electron chi connectivity index (χ1n) is 4.67. The van der Waals surface area contributed by atoms with E-state index < -0.39 is 0 Å². The molecule has 0 spiro atoms. The van der Waals surface area contributed by atoms with Gasteiger partial charge in [-0.25, -0.2) is 0 Å². The Balaban J connectivity index is 2.99. The van der Waals surface area contributed by atoms with Crippen molar-refractivity contribution in [3.8, 4) is 0 Å². The number of pyridine rings is 1. The summed E-state index contributed by atoms with van der Waals surface area (Å²) in [6, 6.07) is 3.70. The van der Waals surface area contributed by atoms with Gasteiger partial charge in [-0.05, 0) is 26.8 Å². The molecule has 3 nitrogen and oxygen atoms in total. The van der Waals surface area contributed by atoms with Gasteiger partial charge in [-0.1, -0.05) is 6.07 Å². The van der Waals surface area contributed by atoms with Crippen LogP contribution in [-0.4, -0.2) is 17.3 Å². The molecule has 0 radical (unpaired) electrons. The smallest absolute Gasteiger partial charge is 0.253 e. The fourth-order valence-electron chi connectivity index (χ4n) is 1.26. The van der Waals surface area contributed by atoms with E-state index in [1.165, 1.54) is 0 Å². The fourth-order valence-corrected chi connectivity index (χ4v) is 1.26. The summed E-state index contributed by atoms with van der Waals surface area (Å²) < 4.78 is 6.96. The third kappa shape index (κ3) is 2.45. The first kappa shape index (κ1) is 11.0. The molecule has 1 aromatic rings. The zero-order chi connectivity index (χ0) is 10.8. The molecule has 0 fully saturated rings. The van der Waals surface area contributed by atoms with Crippen molar-refractivity contribution in [1.29, 1.82) is 0 Å². The summed E-state index contributed by atoms with van der Waals surface area (Å²) in [5, 5.41) is 0. The maximum absolute atomic E-state index is 11.7. The average Bonchev–Trinajstić information content (AvgIpc) is 2.13. The molecule has 0 aliphatic carbocycles. The van der Waals surface area contributed by atoms with Gasteiger partial charge < -0.3 is 9.30 Å². The minimum absolute atomic E-state index is 0.0534. The Labute approximate surface area is 84.3 Å². The number of hydrogen-bond donors (Lipinski definition) is 0. The zero-order valence-corrected chi connectivity index (χ0v) is 9.20. The largest absolute Gasteiger partial charge is 0.377 e. The predicted octanol–water partition coefficient (Wildman–Crippen LogP) is 1.58. The van der Waals surface area contributed by atoms with Crippen molar-refractivity contribution in [2.24, 2.45) is 0 Å². The minimum atomic E-state index is -0.308. The lowest BCUT2D eigenvalue weighted by Gasteiger charge is -2.23. The van der Waals surface area contributed by atoms with Gasteiger partial charge in [-0.3, -0.25) is 4.79 Å². The Kier molecular flexibility index (Phi) is 3.11. The van der Waals surface area contributed by atoms with Gasteiger partial charge in [0.25, 0.3) is 5.56 Å². The zero-order valence-electron chi connectivity index (χ0n) is 9.20. The Morgan fingerprint density at radius 1 is 1.50 bits per heavy atom. The first-order valence-corrected chi connectivity index (χ1v) is 4.67. The molecule has 3 heteroatoms. The van der Waals surface area contributed by atoms with Crippen LogP contribution in [0, 0.1) is 6.92 Å².